The lowest BCUT2D eigenvalue weighted by Crippen LogP contribution is -2.62. The number of ether oxygens (including phenoxy) is 16. The maximum Gasteiger partial charge on any atom is 0.311 e. The SMILES string of the molecule is CCCN1C[C@H](C)[C@H]2OC/C(=N\OCc3ccc(-n4cccn4)nc3)CO[C@](C)(C[C@H]1C)[C@H](O[C@@H]1O[C@H](C)C[C@H](N(C)C)[C@H]1O)[C@@H](C)[C@H](O[C@H]1C[C@@](C)(OC)[C@H](N)[C@H](C)O1)[C@@H](C)C(=O)O[C@H](CC)[C@@]2(C)O.CC[C@H]1OC(=O)[C@H](C)[C@@H](O[C@H]2C[C@@](C)(OC)[C@H](N)[C@H](C)O2)[C@H](C)[C@@H](O[C@@H]2O[C@H](C)C[C@H](N(C)C)[C@H]2O)[C@@]2(C)C[C@@H](C)N(C)C[C@H](C)[C@@H](OC/C(=N\OCc3ccc(-n4cccn4)nc3)CO2)[C@]1(C)O. The van der Waals surface area contributed by atoms with E-state index in [1.165, 1.54) is 0 Å². The number of nitrogens with two attached hydrogens (primary N) is 2. The summed E-state index contributed by atoms with van der Waals surface area (Å²) in [4.78, 5) is 59.5. The number of pyridine rings is 2. The van der Waals surface area contributed by atoms with E-state index in [0.717, 1.165) is 24.1 Å². The second kappa shape index (κ2) is 49.4. The van der Waals surface area contributed by atoms with Crippen LogP contribution in [0.1, 0.15) is 214 Å². The Morgan fingerprint density at radius 3 is 1.29 bits per heavy atom. The molecule has 36 atom stereocenters. The molecule has 14 heterocycles. The van der Waals surface area contributed by atoms with Crippen LogP contribution in [0.3, 0.4) is 0 Å². The number of hydrogen-bond donors (Lipinski definition) is 6. The fraction of sp³-hybridized carbons (Fsp3) is 0.804. The quantitative estimate of drug-likeness (QED) is 0.0281. The van der Waals surface area contributed by atoms with Crippen molar-refractivity contribution in [1.82, 2.24) is 49.1 Å². The van der Waals surface area contributed by atoms with E-state index in [-0.39, 0.29) is 114 Å². The number of esters is 2. The molecule has 0 aromatic carbocycles. The topological polar surface area (TPSA) is 432 Å². The third kappa shape index (κ3) is 27.3. The van der Waals surface area contributed by atoms with Crippen molar-refractivity contribution in [3.8, 4) is 11.6 Å². The molecule has 4 bridgehead atoms. The molecule has 10 aliphatic heterocycles. The summed E-state index contributed by atoms with van der Waals surface area (Å²) in [6.45, 7) is 42.3. The molecule has 792 valence electrons. The Hall–Kier alpha value is -6.36. The van der Waals surface area contributed by atoms with Crippen molar-refractivity contribution in [1.29, 1.82) is 0 Å². The van der Waals surface area contributed by atoms with Gasteiger partial charge < -0.3 is 137 Å². The highest BCUT2D eigenvalue weighted by atomic mass is 16.7. The van der Waals surface area contributed by atoms with Crippen LogP contribution in [0.2, 0.25) is 0 Å². The lowest BCUT2D eigenvalue weighted by atomic mass is 9.78. The normalized spacial score (nSPS) is 41.5. The summed E-state index contributed by atoms with van der Waals surface area (Å²) in [5.41, 5.74) is 8.26. The first-order valence-electron chi connectivity index (χ1n) is 50.7. The molecule has 0 unspecified atom stereocenters. The monoisotopic (exact) mass is 1980 g/mol. The van der Waals surface area contributed by atoms with Crippen molar-refractivity contribution in [3.05, 3.63) is 84.7 Å². The van der Waals surface area contributed by atoms with Gasteiger partial charge >= 0.3 is 11.9 Å². The van der Waals surface area contributed by atoms with E-state index in [9.17, 15) is 30.0 Å². The molecule has 0 saturated carbocycles. The van der Waals surface area contributed by atoms with Crippen LogP contribution in [-0.4, -0.2) is 369 Å². The van der Waals surface area contributed by atoms with E-state index in [2.05, 4.69) is 68.0 Å². The molecule has 140 heavy (non-hydrogen) atoms. The van der Waals surface area contributed by atoms with Crippen molar-refractivity contribution in [2.24, 2.45) is 57.3 Å². The number of carbonyl (C=O) groups is 2. The van der Waals surface area contributed by atoms with Crippen LogP contribution in [0.25, 0.3) is 11.6 Å². The number of nitrogens with zero attached hydrogens (tertiary/aromatic N) is 12. The molecular formula is C102H170N14O24. The first-order valence-corrected chi connectivity index (χ1v) is 50.7. The Labute approximate surface area is 830 Å². The van der Waals surface area contributed by atoms with E-state index in [0.29, 0.717) is 61.8 Å². The molecule has 14 rings (SSSR count). The average Bonchev–Trinajstić information content (AvgIpc) is 1.27. The minimum atomic E-state index is -1.68. The van der Waals surface area contributed by atoms with Crippen molar-refractivity contribution in [2.45, 2.75) is 397 Å². The smallest absolute Gasteiger partial charge is 0.311 e. The second-order valence-electron chi connectivity index (χ2n) is 42.9. The minimum Gasteiger partial charge on any atom is -0.459 e. The number of likely N-dealkylation sites (N-methyl/N-ethyl adjacent to an activating group) is 2. The molecular weight excluding hydrogens is 1810 g/mol. The van der Waals surface area contributed by atoms with Crippen LogP contribution in [-0.2, 0) is 108 Å². The number of hydrogen-bond acceptors (Lipinski definition) is 36. The van der Waals surface area contributed by atoms with Crippen LogP contribution < -0.4 is 11.5 Å². The van der Waals surface area contributed by atoms with Gasteiger partial charge in [-0.2, -0.15) is 10.2 Å². The number of aliphatic hydroxyl groups excluding tert-OH is 2. The molecule has 4 aromatic heterocycles. The summed E-state index contributed by atoms with van der Waals surface area (Å²) in [5.74, 6) is -3.67. The van der Waals surface area contributed by atoms with Crippen molar-refractivity contribution in [3.63, 3.8) is 0 Å². The second-order valence-corrected chi connectivity index (χ2v) is 42.9. The van der Waals surface area contributed by atoms with Crippen molar-refractivity contribution < 1.29 is 115 Å². The molecule has 38 heteroatoms. The number of carbonyl (C=O) groups excluding carboxylic acids is 2. The summed E-state index contributed by atoms with van der Waals surface area (Å²) in [7, 11) is 13.0. The zero-order chi connectivity index (χ0) is 103. The number of aromatic nitrogens is 6. The number of methoxy groups -OCH3 is 2. The van der Waals surface area contributed by atoms with E-state index in [4.69, 9.17) is 96.9 Å². The van der Waals surface area contributed by atoms with Gasteiger partial charge in [0, 0.05) is 124 Å². The van der Waals surface area contributed by atoms with Gasteiger partial charge in [-0.3, -0.25) is 9.59 Å². The van der Waals surface area contributed by atoms with Crippen molar-refractivity contribution in [2.75, 3.05) is 95.5 Å². The zero-order valence-corrected chi connectivity index (χ0v) is 88.5. The van der Waals surface area contributed by atoms with Gasteiger partial charge in [-0.05, 0) is 220 Å². The number of oxime groups is 2. The van der Waals surface area contributed by atoms with E-state index >= 15 is 0 Å². The maximum absolute atomic E-state index is 14.9. The fourth-order valence-corrected chi connectivity index (χ4v) is 22.3. The number of rotatable bonds is 24. The van der Waals surface area contributed by atoms with Gasteiger partial charge in [0.05, 0.1) is 134 Å². The zero-order valence-electron chi connectivity index (χ0n) is 88.5. The Kier molecular flexibility index (Phi) is 40.2. The Morgan fingerprint density at radius 2 is 0.936 bits per heavy atom. The number of fused-ring (bicyclic) bond motifs is 30. The Morgan fingerprint density at radius 1 is 0.536 bits per heavy atom. The standard InChI is InChI=1S/C52H87N7O12.C50H83N7O12/c1-15-21-58-27-31(3)46-52(11,62)40(16-2)69-48(61)35(7)44(70-42-25-50(9,63-14)45(53)36(8)68-42)34(6)47(71-49-43(60)39(57(12)13)23-33(5)67-49)51(10,24-32(58)4)65-30-38(29-64-46)56-66-28-37-18-19-41(54-26-37)59-22-17-20-55-59;1-15-38-50(10,60)44-29(2)25-56(13)30(3)22-49(9,63-28-36(27-62-44)54-64-26-35-17-18-39(52-24-35)57-20-16-19-53-57)45(69-47-41(58)37(55(11)12)21-31(4)65-47)32(5)42(33(6)46(59)67-38)68-40-23-48(8,61-14)43(51)34(7)66-40/h17-20,22,26,31-36,39-40,42-47,49,60,62H,15-16,21,23-25,27-30,53H2,1-14H3;16-20,24,29-34,37-38,40-45,47,58,60H,15,21-23,25-28,51H2,1-14H3/b56-38+;54-36+/t31-,32+,33+,34-,35+,36-,39-,40+,42-,43+,44-,45+,46+,47+,49-,50+,51+,52+;29-,30+,31+,32-,33+,34-,37-,38+,40-,41+,42-,43+,44+,45+,47-,48+,49+,50+/m00/s1. The van der Waals surface area contributed by atoms with E-state index in [1.807, 2.05) is 184 Å². The van der Waals surface area contributed by atoms with Gasteiger partial charge in [-0.1, -0.05) is 70.9 Å². The molecule has 4 aromatic rings. The van der Waals surface area contributed by atoms with Gasteiger partial charge in [0.15, 0.2) is 36.8 Å². The molecule has 0 spiro atoms. The molecule has 0 radical (unpaired) electrons. The Bertz CT molecular complexity index is 4510. The lowest BCUT2D eigenvalue weighted by molar-refractivity contribution is -0.314. The summed E-state index contributed by atoms with van der Waals surface area (Å²) < 4.78 is 111. The molecule has 0 aliphatic carbocycles. The summed E-state index contributed by atoms with van der Waals surface area (Å²) >= 11 is 0. The van der Waals surface area contributed by atoms with Crippen LogP contribution >= 0.6 is 0 Å². The first-order chi connectivity index (χ1) is 66.1. The lowest BCUT2D eigenvalue weighted by Gasteiger charge is -2.50. The highest BCUT2D eigenvalue weighted by molar-refractivity contribution is 5.87. The first kappa shape index (κ1) is 114. The number of aliphatic hydroxyl groups is 4. The highest BCUT2D eigenvalue weighted by Gasteiger charge is 2.58. The Balaban J connectivity index is 0.000000268. The van der Waals surface area contributed by atoms with Crippen LogP contribution in [0.15, 0.2) is 83.9 Å². The van der Waals surface area contributed by atoms with Gasteiger partial charge in [-0.15, -0.1) is 0 Å². The molecule has 10 saturated heterocycles. The molecule has 10 aliphatic rings. The van der Waals surface area contributed by atoms with Gasteiger partial charge in [0.2, 0.25) is 0 Å². The molecule has 10 fully saturated rings. The van der Waals surface area contributed by atoms with Crippen molar-refractivity contribution >= 4 is 23.4 Å². The third-order valence-corrected chi connectivity index (χ3v) is 31.0. The van der Waals surface area contributed by atoms with E-state index < -0.39 is 180 Å². The highest BCUT2D eigenvalue weighted by Crippen LogP contribution is 2.46. The average molecular weight is 1980 g/mol. The molecule has 0 amide bonds. The van der Waals surface area contributed by atoms with Crippen LogP contribution in [0.5, 0.6) is 0 Å². The third-order valence-electron chi connectivity index (χ3n) is 31.0. The summed E-state index contributed by atoms with van der Waals surface area (Å²) in [6, 6.07) is 9.41. The fourth-order valence-electron chi connectivity index (χ4n) is 22.3. The minimum absolute atomic E-state index is 0.0742. The van der Waals surface area contributed by atoms with Gasteiger partial charge in [0.25, 0.3) is 0 Å². The van der Waals surface area contributed by atoms with Gasteiger partial charge in [-0.25, -0.2) is 19.3 Å². The summed E-state index contributed by atoms with van der Waals surface area (Å²) in [5, 5.41) is 67.5. The molecule has 8 N–H and O–H groups in total. The maximum atomic E-state index is 14.9. The van der Waals surface area contributed by atoms with Gasteiger partial charge in [0.1, 0.15) is 60.3 Å². The summed E-state index contributed by atoms with van der Waals surface area (Å²) in [6.07, 6.45) is -0.478. The van der Waals surface area contributed by atoms with Crippen LogP contribution in [0.4, 0.5) is 0 Å². The van der Waals surface area contributed by atoms with E-state index in [1.54, 1.807) is 76.1 Å². The predicted molar refractivity (Wildman–Crippen MR) is 524 cm³/mol. The predicted octanol–water partition coefficient (Wildman–Crippen LogP) is 8.95. The van der Waals surface area contributed by atoms with Crippen LogP contribution in [0, 0.1) is 35.5 Å². The largest absolute Gasteiger partial charge is 0.459 e. The molecule has 38 nitrogen and oxygen atoms in total.